The van der Waals surface area contributed by atoms with E-state index in [0.29, 0.717) is 38.5 Å². The number of hydrogen-bond acceptors (Lipinski definition) is 15. The standard InChI is InChI=1S/C83H144O17P2/c1-5-9-13-17-21-25-29-33-35-37-38-40-42-46-50-54-58-62-66-70-83(88)100-79(73-93-80(85)67-63-59-55-51-47-43-31-27-23-19-15-11-7-3)76-98-102(91,92)96-72-77(84)71-95-101(89,90)97-75-78(99-82(87)69-65-61-57-53-49-44-32-28-24-20-16-12-8-4)74-94-81(86)68-64-60-56-52-48-45-41-39-36-34-30-26-22-18-14-10-6-2/h21-22,25-26,33-36,38,40-41,45-46,50,52,56,58,62,77-79,84H,5-20,23-24,27-32,37,39,42-44,47-49,51,53-55,57,59-61,63-76H2,1-4H3,(H,89,90)(H,91,92)/b25-21-,26-22-,35-33-,36-34-,40-38-,45-41-,50-46-,56-52-,62-58-/t77-,78-,79-/m1/s1. The fourth-order valence-electron chi connectivity index (χ4n) is 10.6. The van der Waals surface area contributed by atoms with Gasteiger partial charge in [-0.1, -0.05) is 317 Å². The lowest BCUT2D eigenvalue weighted by molar-refractivity contribution is -0.161. The summed E-state index contributed by atoms with van der Waals surface area (Å²) in [6, 6.07) is 0. The van der Waals surface area contributed by atoms with E-state index in [9.17, 15) is 43.2 Å². The Morgan fingerprint density at radius 2 is 0.510 bits per heavy atom. The number of ether oxygens (including phenoxy) is 4. The van der Waals surface area contributed by atoms with Crippen molar-refractivity contribution in [2.75, 3.05) is 39.6 Å². The predicted octanol–water partition coefficient (Wildman–Crippen LogP) is 23.3. The normalized spacial score (nSPS) is 14.5. The molecule has 0 rings (SSSR count). The summed E-state index contributed by atoms with van der Waals surface area (Å²) >= 11 is 0. The van der Waals surface area contributed by atoms with E-state index < -0.39 is 97.5 Å². The maximum atomic E-state index is 13.1. The maximum absolute atomic E-state index is 13.1. The molecule has 0 heterocycles. The topological polar surface area (TPSA) is 237 Å². The Morgan fingerprint density at radius 1 is 0.275 bits per heavy atom. The van der Waals surface area contributed by atoms with Gasteiger partial charge in [-0.05, 0) is 103 Å². The first-order valence-corrected chi connectivity index (χ1v) is 43.1. The molecule has 19 heteroatoms. The molecular weight excluding hydrogens is 1330 g/mol. The second kappa shape index (κ2) is 75.0. The quantitative estimate of drug-likeness (QED) is 0.0169. The van der Waals surface area contributed by atoms with Gasteiger partial charge in [0.05, 0.1) is 26.4 Å². The van der Waals surface area contributed by atoms with E-state index in [4.69, 9.17) is 37.0 Å². The van der Waals surface area contributed by atoms with Crippen LogP contribution in [-0.4, -0.2) is 96.7 Å². The Morgan fingerprint density at radius 3 is 0.833 bits per heavy atom. The van der Waals surface area contributed by atoms with Crippen LogP contribution in [0.1, 0.15) is 336 Å². The number of unbranched alkanes of at least 4 members (excludes halogenated alkanes) is 31. The largest absolute Gasteiger partial charge is 0.472 e. The van der Waals surface area contributed by atoms with Gasteiger partial charge in [0.25, 0.3) is 0 Å². The number of rotatable bonds is 75. The molecule has 0 amide bonds. The summed E-state index contributed by atoms with van der Waals surface area (Å²) in [6.45, 7) is 4.70. The van der Waals surface area contributed by atoms with E-state index in [1.165, 1.54) is 141 Å². The monoisotopic (exact) mass is 1470 g/mol. The third-order valence-electron chi connectivity index (χ3n) is 16.8. The number of hydrogen-bond donors (Lipinski definition) is 3. The second-order valence-corrected chi connectivity index (χ2v) is 29.6. The molecule has 0 aliphatic rings. The van der Waals surface area contributed by atoms with Crippen molar-refractivity contribution >= 4 is 39.5 Å². The zero-order chi connectivity index (χ0) is 74.6. The summed E-state index contributed by atoms with van der Waals surface area (Å²) in [4.78, 5) is 72.9. The summed E-state index contributed by atoms with van der Waals surface area (Å²) < 4.78 is 68.4. The van der Waals surface area contributed by atoms with Gasteiger partial charge in [-0.2, -0.15) is 0 Å². The van der Waals surface area contributed by atoms with Crippen molar-refractivity contribution in [1.82, 2.24) is 0 Å². The Kier molecular flexibility index (Phi) is 71.8. The Bertz CT molecular complexity index is 2360. The van der Waals surface area contributed by atoms with Crippen LogP contribution in [0.2, 0.25) is 0 Å². The fourth-order valence-corrected chi connectivity index (χ4v) is 12.2. The number of carbonyl (C=O) groups is 4. The van der Waals surface area contributed by atoms with Gasteiger partial charge >= 0.3 is 39.5 Å². The molecule has 0 saturated carbocycles. The molecule has 5 atom stereocenters. The highest BCUT2D eigenvalue weighted by Crippen LogP contribution is 2.45. The second-order valence-electron chi connectivity index (χ2n) is 26.7. The van der Waals surface area contributed by atoms with Gasteiger partial charge in [0.1, 0.15) is 19.3 Å². The number of allylic oxidation sites excluding steroid dienone is 18. The van der Waals surface area contributed by atoms with Crippen molar-refractivity contribution in [3.63, 3.8) is 0 Å². The van der Waals surface area contributed by atoms with Crippen LogP contribution < -0.4 is 0 Å². The molecule has 2 unspecified atom stereocenters. The minimum absolute atomic E-state index is 0.0283. The van der Waals surface area contributed by atoms with Crippen molar-refractivity contribution in [1.29, 1.82) is 0 Å². The van der Waals surface area contributed by atoms with Gasteiger partial charge in [-0.3, -0.25) is 37.3 Å². The highest BCUT2D eigenvalue weighted by atomic mass is 31.2. The highest BCUT2D eigenvalue weighted by molar-refractivity contribution is 7.47. The number of aliphatic hydroxyl groups excluding tert-OH is 1. The summed E-state index contributed by atoms with van der Waals surface area (Å²) in [7, 11) is -9.99. The lowest BCUT2D eigenvalue weighted by atomic mass is 10.0. The lowest BCUT2D eigenvalue weighted by Crippen LogP contribution is -2.30. The maximum Gasteiger partial charge on any atom is 0.472 e. The minimum Gasteiger partial charge on any atom is -0.462 e. The third-order valence-corrected chi connectivity index (χ3v) is 18.7. The number of aliphatic hydroxyl groups is 1. The summed E-state index contributed by atoms with van der Waals surface area (Å²) in [5, 5.41) is 10.6. The molecule has 102 heavy (non-hydrogen) atoms. The molecule has 0 aliphatic carbocycles. The molecule has 0 radical (unpaired) electrons. The van der Waals surface area contributed by atoms with Gasteiger partial charge in [0, 0.05) is 25.7 Å². The van der Waals surface area contributed by atoms with Crippen LogP contribution in [0.5, 0.6) is 0 Å². The molecule has 0 spiro atoms. The number of esters is 4. The summed E-state index contributed by atoms with van der Waals surface area (Å²) in [5.74, 6) is -2.32. The van der Waals surface area contributed by atoms with Crippen LogP contribution in [0.25, 0.3) is 0 Å². The Labute approximate surface area is 619 Å². The van der Waals surface area contributed by atoms with Crippen LogP contribution in [-0.2, 0) is 65.4 Å². The number of phosphoric acid groups is 2. The van der Waals surface area contributed by atoms with Gasteiger partial charge in [-0.25, -0.2) is 9.13 Å². The average Bonchev–Trinajstić information content (AvgIpc) is 0.907. The minimum atomic E-state index is -5.00. The van der Waals surface area contributed by atoms with Gasteiger partial charge < -0.3 is 33.8 Å². The third kappa shape index (κ3) is 74.0. The highest BCUT2D eigenvalue weighted by Gasteiger charge is 2.30. The van der Waals surface area contributed by atoms with E-state index >= 15 is 0 Å². The Balaban J connectivity index is 5.44. The Hall–Kier alpha value is -4.28. The zero-order valence-corrected chi connectivity index (χ0v) is 66.0. The average molecular weight is 1480 g/mol. The van der Waals surface area contributed by atoms with Crippen molar-refractivity contribution in [3.8, 4) is 0 Å². The van der Waals surface area contributed by atoms with Gasteiger partial charge in [0.2, 0.25) is 0 Å². The van der Waals surface area contributed by atoms with Crippen LogP contribution in [0.4, 0.5) is 0 Å². The van der Waals surface area contributed by atoms with E-state index in [-0.39, 0.29) is 25.7 Å². The summed E-state index contributed by atoms with van der Waals surface area (Å²) in [6.07, 6.45) is 80.9. The molecule has 0 aromatic carbocycles. The molecule has 0 aromatic heterocycles. The van der Waals surface area contributed by atoms with Crippen molar-refractivity contribution in [2.24, 2.45) is 0 Å². The molecule has 0 bridgehead atoms. The molecule has 17 nitrogen and oxygen atoms in total. The van der Waals surface area contributed by atoms with Crippen LogP contribution >= 0.6 is 15.6 Å². The first-order valence-electron chi connectivity index (χ1n) is 40.1. The van der Waals surface area contributed by atoms with Gasteiger partial charge in [0.15, 0.2) is 12.2 Å². The lowest BCUT2D eigenvalue weighted by Gasteiger charge is -2.21. The number of carbonyl (C=O) groups excluding carboxylic acids is 4. The molecule has 3 N–H and O–H groups in total. The first-order chi connectivity index (χ1) is 49.7. The molecule has 0 saturated heterocycles. The van der Waals surface area contributed by atoms with E-state index in [1.807, 2.05) is 30.4 Å². The van der Waals surface area contributed by atoms with Gasteiger partial charge in [-0.15, -0.1) is 0 Å². The van der Waals surface area contributed by atoms with E-state index in [2.05, 4.69) is 107 Å². The molecule has 0 aliphatic heterocycles. The zero-order valence-electron chi connectivity index (χ0n) is 64.3. The van der Waals surface area contributed by atoms with E-state index in [1.54, 1.807) is 0 Å². The molecule has 588 valence electrons. The SMILES string of the molecule is CCCCC/C=C\C/C=C\C/C=C\C/C=C\C/C=C\CCC(=O)O[C@H](COC(=O)CCCCCCCCCCCCCCC)COP(=O)(O)OC[C@H](O)COP(=O)(O)OC[C@@H](COC(=O)CCC/C=C\C/C=C\C/C=C\C/C=C\CCCCC)OC(=O)CCCCCCCCCCCCCCC. The molecular formula is C83H144O17P2. The summed E-state index contributed by atoms with van der Waals surface area (Å²) in [5.41, 5.74) is 0. The van der Waals surface area contributed by atoms with Crippen molar-refractivity contribution in [2.45, 2.75) is 354 Å². The van der Waals surface area contributed by atoms with Crippen LogP contribution in [0, 0.1) is 0 Å². The smallest absolute Gasteiger partial charge is 0.462 e. The van der Waals surface area contributed by atoms with Crippen molar-refractivity contribution < 1.29 is 80.2 Å². The fraction of sp³-hybridized carbons (Fsp3) is 0.735. The molecule has 0 aromatic rings. The van der Waals surface area contributed by atoms with Crippen molar-refractivity contribution in [3.05, 3.63) is 109 Å². The first kappa shape index (κ1) is 97.7. The van der Waals surface area contributed by atoms with Crippen LogP contribution in [0.3, 0.4) is 0 Å². The molecule has 0 fully saturated rings. The van der Waals surface area contributed by atoms with E-state index in [0.717, 1.165) is 103 Å². The number of phosphoric ester groups is 2. The predicted molar refractivity (Wildman–Crippen MR) is 418 cm³/mol. The van der Waals surface area contributed by atoms with Crippen LogP contribution in [0.15, 0.2) is 109 Å².